The normalized spacial score (nSPS) is 32.1. The number of nitrogens with zero attached hydrogens (tertiary/aromatic N) is 1. The SMILES string of the molecule is CC#CCN1CC(C2CC2)NCC1CC. The number of piperazine rings is 1. The summed E-state index contributed by atoms with van der Waals surface area (Å²) in [5, 5.41) is 3.70. The summed E-state index contributed by atoms with van der Waals surface area (Å²) >= 11 is 0. The van der Waals surface area contributed by atoms with Gasteiger partial charge in [0, 0.05) is 25.2 Å². The quantitative estimate of drug-likeness (QED) is 0.704. The largest absolute Gasteiger partial charge is 0.311 e. The van der Waals surface area contributed by atoms with E-state index in [-0.39, 0.29) is 0 Å². The highest BCUT2D eigenvalue weighted by atomic mass is 15.2. The van der Waals surface area contributed by atoms with Crippen molar-refractivity contribution in [3.05, 3.63) is 0 Å². The van der Waals surface area contributed by atoms with Crippen molar-refractivity contribution >= 4 is 0 Å². The van der Waals surface area contributed by atoms with Gasteiger partial charge < -0.3 is 5.32 Å². The van der Waals surface area contributed by atoms with Gasteiger partial charge >= 0.3 is 0 Å². The molecule has 0 radical (unpaired) electrons. The fraction of sp³-hybridized carbons (Fsp3) is 0.846. The zero-order chi connectivity index (χ0) is 10.7. The van der Waals surface area contributed by atoms with E-state index >= 15 is 0 Å². The van der Waals surface area contributed by atoms with Crippen LogP contribution < -0.4 is 5.32 Å². The van der Waals surface area contributed by atoms with Crippen molar-refractivity contribution in [2.45, 2.75) is 45.2 Å². The summed E-state index contributed by atoms with van der Waals surface area (Å²) in [5.74, 6) is 7.18. The standard InChI is InChI=1S/C13H22N2/c1-3-5-8-15-10-13(11-6-7-11)14-9-12(15)4-2/h11-14H,4,6-10H2,1-2H3. The van der Waals surface area contributed by atoms with Crippen LogP contribution in [-0.4, -0.2) is 36.6 Å². The molecular formula is C13H22N2. The maximum Gasteiger partial charge on any atom is 0.0604 e. The molecule has 1 saturated carbocycles. The fourth-order valence-corrected chi connectivity index (χ4v) is 2.47. The first-order valence-corrected chi connectivity index (χ1v) is 6.22. The van der Waals surface area contributed by atoms with Crippen molar-refractivity contribution in [3.8, 4) is 11.8 Å². The summed E-state index contributed by atoms with van der Waals surface area (Å²) in [6.07, 6.45) is 4.10. The van der Waals surface area contributed by atoms with Gasteiger partial charge in [-0.15, -0.1) is 5.92 Å². The third kappa shape index (κ3) is 2.74. The Balaban J connectivity index is 1.90. The molecule has 1 aliphatic carbocycles. The van der Waals surface area contributed by atoms with Crippen molar-refractivity contribution in [2.24, 2.45) is 5.92 Å². The van der Waals surface area contributed by atoms with Gasteiger partial charge in [0.2, 0.25) is 0 Å². The first-order chi connectivity index (χ1) is 7.35. The lowest BCUT2D eigenvalue weighted by Crippen LogP contribution is -2.57. The molecule has 0 aromatic carbocycles. The minimum absolute atomic E-state index is 0.695. The molecule has 84 valence electrons. The van der Waals surface area contributed by atoms with Gasteiger partial charge in [-0.1, -0.05) is 12.8 Å². The van der Waals surface area contributed by atoms with E-state index in [9.17, 15) is 0 Å². The van der Waals surface area contributed by atoms with Crippen LogP contribution in [0.25, 0.3) is 0 Å². The van der Waals surface area contributed by atoms with E-state index in [4.69, 9.17) is 0 Å². The zero-order valence-corrected chi connectivity index (χ0v) is 9.92. The highest BCUT2D eigenvalue weighted by Gasteiger charge is 2.36. The van der Waals surface area contributed by atoms with Gasteiger partial charge in [-0.3, -0.25) is 4.90 Å². The van der Waals surface area contributed by atoms with Crippen LogP contribution in [0.15, 0.2) is 0 Å². The van der Waals surface area contributed by atoms with Gasteiger partial charge in [0.1, 0.15) is 0 Å². The molecule has 0 bridgehead atoms. The molecule has 0 aromatic rings. The summed E-state index contributed by atoms with van der Waals surface area (Å²) in [4.78, 5) is 2.57. The van der Waals surface area contributed by atoms with Gasteiger partial charge in [0.05, 0.1) is 6.54 Å². The molecule has 1 aliphatic heterocycles. The highest BCUT2D eigenvalue weighted by molar-refractivity contribution is 5.02. The highest BCUT2D eigenvalue weighted by Crippen LogP contribution is 2.34. The first kappa shape index (κ1) is 11.0. The summed E-state index contributed by atoms with van der Waals surface area (Å²) in [6.45, 7) is 7.53. The second kappa shape index (κ2) is 5.01. The Morgan fingerprint density at radius 1 is 1.40 bits per heavy atom. The van der Waals surface area contributed by atoms with Gasteiger partial charge in [-0.05, 0) is 32.1 Å². The Labute approximate surface area is 93.4 Å². The van der Waals surface area contributed by atoms with Crippen LogP contribution in [0.1, 0.15) is 33.1 Å². The van der Waals surface area contributed by atoms with E-state index in [0.717, 1.165) is 25.0 Å². The third-order valence-electron chi connectivity index (χ3n) is 3.68. The lowest BCUT2D eigenvalue weighted by molar-refractivity contribution is 0.135. The predicted octanol–water partition coefficient (Wildman–Crippen LogP) is 1.47. The minimum atomic E-state index is 0.695. The second-order valence-electron chi connectivity index (χ2n) is 4.77. The predicted molar refractivity (Wildman–Crippen MR) is 63.6 cm³/mol. The van der Waals surface area contributed by atoms with Gasteiger partial charge in [-0.2, -0.15) is 0 Å². The lowest BCUT2D eigenvalue weighted by Gasteiger charge is -2.39. The molecule has 2 rings (SSSR count). The Bertz CT molecular complexity index is 259. The van der Waals surface area contributed by atoms with E-state index in [0.29, 0.717) is 6.04 Å². The molecule has 2 atom stereocenters. The zero-order valence-electron chi connectivity index (χ0n) is 9.92. The lowest BCUT2D eigenvalue weighted by atomic mass is 10.0. The smallest absolute Gasteiger partial charge is 0.0604 e. The van der Waals surface area contributed by atoms with E-state index < -0.39 is 0 Å². The van der Waals surface area contributed by atoms with Gasteiger partial charge in [-0.25, -0.2) is 0 Å². The van der Waals surface area contributed by atoms with Gasteiger partial charge in [0.15, 0.2) is 0 Å². The number of hydrogen-bond donors (Lipinski definition) is 1. The average Bonchev–Trinajstić information content (AvgIpc) is 3.09. The van der Waals surface area contributed by atoms with E-state index in [1.807, 2.05) is 6.92 Å². The van der Waals surface area contributed by atoms with Crippen LogP contribution in [-0.2, 0) is 0 Å². The molecule has 1 N–H and O–H groups in total. The van der Waals surface area contributed by atoms with Crippen LogP contribution in [0.2, 0.25) is 0 Å². The Kier molecular flexibility index (Phi) is 3.66. The average molecular weight is 206 g/mol. The van der Waals surface area contributed by atoms with Crippen LogP contribution >= 0.6 is 0 Å². The third-order valence-corrected chi connectivity index (χ3v) is 3.68. The summed E-state index contributed by atoms with van der Waals surface area (Å²) in [6, 6.07) is 1.44. The molecular weight excluding hydrogens is 184 g/mol. The molecule has 2 aliphatic rings. The topological polar surface area (TPSA) is 15.3 Å². The van der Waals surface area contributed by atoms with Crippen molar-refractivity contribution in [1.29, 1.82) is 0 Å². The molecule has 2 unspecified atom stereocenters. The molecule has 0 spiro atoms. The van der Waals surface area contributed by atoms with E-state index in [1.165, 1.54) is 25.8 Å². The molecule has 2 fully saturated rings. The van der Waals surface area contributed by atoms with Crippen molar-refractivity contribution < 1.29 is 0 Å². The van der Waals surface area contributed by atoms with Crippen molar-refractivity contribution in [3.63, 3.8) is 0 Å². The monoisotopic (exact) mass is 206 g/mol. The number of nitrogens with one attached hydrogen (secondary N) is 1. The molecule has 15 heavy (non-hydrogen) atoms. The molecule has 2 nitrogen and oxygen atoms in total. The maximum atomic E-state index is 3.70. The van der Waals surface area contributed by atoms with Crippen molar-refractivity contribution in [1.82, 2.24) is 10.2 Å². The van der Waals surface area contributed by atoms with Crippen LogP contribution in [0.5, 0.6) is 0 Å². The number of hydrogen-bond acceptors (Lipinski definition) is 2. The Morgan fingerprint density at radius 3 is 2.80 bits per heavy atom. The summed E-state index contributed by atoms with van der Waals surface area (Å²) in [5.41, 5.74) is 0. The molecule has 0 amide bonds. The Morgan fingerprint density at radius 2 is 2.20 bits per heavy atom. The van der Waals surface area contributed by atoms with Crippen LogP contribution in [0.4, 0.5) is 0 Å². The molecule has 1 saturated heterocycles. The van der Waals surface area contributed by atoms with Crippen LogP contribution in [0, 0.1) is 17.8 Å². The van der Waals surface area contributed by atoms with Crippen LogP contribution in [0.3, 0.4) is 0 Å². The fourth-order valence-electron chi connectivity index (χ4n) is 2.47. The second-order valence-corrected chi connectivity index (χ2v) is 4.77. The maximum absolute atomic E-state index is 3.70. The molecule has 1 heterocycles. The number of rotatable bonds is 3. The first-order valence-electron chi connectivity index (χ1n) is 6.22. The van der Waals surface area contributed by atoms with E-state index in [2.05, 4.69) is 29.0 Å². The van der Waals surface area contributed by atoms with Crippen molar-refractivity contribution in [2.75, 3.05) is 19.6 Å². The molecule has 2 heteroatoms. The van der Waals surface area contributed by atoms with Gasteiger partial charge in [0.25, 0.3) is 0 Å². The summed E-state index contributed by atoms with van der Waals surface area (Å²) in [7, 11) is 0. The summed E-state index contributed by atoms with van der Waals surface area (Å²) < 4.78 is 0. The molecule has 0 aromatic heterocycles. The van der Waals surface area contributed by atoms with E-state index in [1.54, 1.807) is 0 Å². The Hall–Kier alpha value is -0.520. The minimum Gasteiger partial charge on any atom is -0.311 e.